The van der Waals surface area contributed by atoms with Gasteiger partial charge in [0.15, 0.2) is 0 Å². The third-order valence-corrected chi connectivity index (χ3v) is 8.14. The van der Waals surface area contributed by atoms with Crippen molar-refractivity contribution in [3.8, 4) is 17.6 Å². The zero-order valence-corrected chi connectivity index (χ0v) is 23.1. The van der Waals surface area contributed by atoms with Gasteiger partial charge in [-0.15, -0.1) is 13.2 Å². The molecule has 2 aromatic rings. The van der Waals surface area contributed by atoms with Crippen molar-refractivity contribution >= 4 is 11.1 Å². The fraction of sp³-hybridized carbons (Fsp3) is 0.545. The van der Waals surface area contributed by atoms with Crippen molar-refractivity contribution in [2.24, 2.45) is 17.8 Å². The number of hydrogen-bond acceptors (Lipinski definition) is 2. The molecule has 2 atom stereocenters. The summed E-state index contributed by atoms with van der Waals surface area (Å²) in [6.07, 6.45) is 6.67. The van der Waals surface area contributed by atoms with Gasteiger partial charge in [-0.25, -0.2) is 0 Å². The SMILES string of the molecule is CCCC#CC1=C(c2ccc(CCC(C)C)cn2)CC(C2CCCC2)C(C)c2cc(OC(F)(F)F)ccc21. The van der Waals surface area contributed by atoms with E-state index in [1.165, 1.54) is 24.5 Å². The molecule has 2 aliphatic rings. The van der Waals surface area contributed by atoms with Crippen LogP contribution in [0.3, 0.4) is 0 Å². The smallest absolute Gasteiger partial charge is 0.406 e. The van der Waals surface area contributed by atoms with E-state index in [-0.39, 0.29) is 11.7 Å². The molecule has 38 heavy (non-hydrogen) atoms. The lowest BCUT2D eigenvalue weighted by atomic mass is 9.75. The molecule has 5 heteroatoms. The molecule has 2 unspecified atom stereocenters. The highest BCUT2D eigenvalue weighted by molar-refractivity contribution is 5.99. The molecular weight excluding hydrogens is 483 g/mol. The van der Waals surface area contributed by atoms with Crippen molar-refractivity contribution in [2.45, 2.75) is 97.8 Å². The molecule has 0 amide bonds. The van der Waals surface area contributed by atoms with Crippen molar-refractivity contribution in [3.05, 3.63) is 58.9 Å². The van der Waals surface area contributed by atoms with Crippen molar-refractivity contribution in [1.29, 1.82) is 0 Å². The van der Waals surface area contributed by atoms with Gasteiger partial charge in [-0.2, -0.15) is 0 Å². The Morgan fingerprint density at radius 1 is 1.11 bits per heavy atom. The molecule has 2 aliphatic carbocycles. The number of allylic oxidation sites excluding steroid dienone is 2. The predicted molar refractivity (Wildman–Crippen MR) is 148 cm³/mol. The predicted octanol–water partition coefficient (Wildman–Crippen LogP) is 9.60. The van der Waals surface area contributed by atoms with Gasteiger partial charge in [0.1, 0.15) is 5.75 Å². The summed E-state index contributed by atoms with van der Waals surface area (Å²) in [5, 5.41) is 0. The van der Waals surface area contributed by atoms with E-state index in [0.717, 1.165) is 72.9 Å². The van der Waals surface area contributed by atoms with E-state index in [4.69, 9.17) is 4.98 Å². The van der Waals surface area contributed by atoms with Crippen molar-refractivity contribution in [3.63, 3.8) is 0 Å². The van der Waals surface area contributed by atoms with Crippen LogP contribution in [-0.2, 0) is 6.42 Å². The van der Waals surface area contributed by atoms with Crippen LogP contribution >= 0.6 is 0 Å². The largest absolute Gasteiger partial charge is 0.573 e. The number of ether oxygens (including phenoxy) is 1. The first-order chi connectivity index (χ1) is 18.2. The number of rotatable bonds is 7. The van der Waals surface area contributed by atoms with Gasteiger partial charge in [-0.05, 0) is 95.9 Å². The van der Waals surface area contributed by atoms with Crippen LogP contribution in [-0.4, -0.2) is 11.3 Å². The lowest BCUT2D eigenvalue weighted by molar-refractivity contribution is -0.274. The summed E-state index contributed by atoms with van der Waals surface area (Å²) < 4.78 is 43.7. The van der Waals surface area contributed by atoms with Gasteiger partial charge in [-0.1, -0.05) is 71.3 Å². The third kappa shape index (κ3) is 7.01. The Morgan fingerprint density at radius 2 is 1.87 bits per heavy atom. The van der Waals surface area contributed by atoms with Crippen molar-refractivity contribution in [1.82, 2.24) is 4.98 Å². The molecular formula is C33H40F3NO. The van der Waals surface area contributed by atoms with Gasteiger partial charge in [-0.3, -0.25) is 4.98 Å². The number of pyridine rings is 1. The minimum atomic E-state index is -4.72. The number of aryl methyl sites for hydroxylation is 1. The van der Waals surface area contributed by atoms with Crippen LogP contribution in [0, 0.1) is 29.6 Å². The van der Waals surface area contributed by atoms with E-state index in [9.17, 15) is 13.2 Å². The second kappa shape index (κ2) is 12.4. The van der Waals surface area contributed by atoms with E-state index in [0.29, 0.717) is 17.8 Å². The first-order valence-electron chi connectivity index (χ1n) is 14.2. The number of alkyl halides is 3. The molecule has 0 aliphatic heterocycles. The van der Waals surface area contributed by atoms with E-state index in [1.54, 1.807) is 12.1 Å². The van der Waals surface area contributed by atoms with Gasteiger partial charge in [0, 0.05) is 18.2 Å². The van der Waals surface area contributed by atoms with Gasteiger partial charge in [0.05, 0.1) is 5.69 Å². The van der Waals surface area contributed by atoms with Crippen LogP contribution in [0.5, 0.6) is 5.75 Å². The van der Waals surface area contributed by atoms with E-state index in [1.807, 2.05) is 6.20 Å². The van der Waals surface area contributed by atoms with Crippen LogP contribution in [0.1, 0.15) is 107 Å². The maximum absolute atomic E-state index is 13.1. The fourth-order valence-corrected chi connectivity index (χ4v) is 6.07. The Labute approximate surface area is 226 Å². The number of nitrogens with zero attached hydrogens (tertiary/aromatic N) is 1. The number of halogens is 3. The second-order valence-corrected chi connectivity index (χ2v) is 11.4. The first kappa shape index (κ1) is 28.3. The van der Waals surface area contributed by atoms with Crippen LogP contribution < -0.4 is 4.74 Å². The van der Waals surface area contributed by atoms with Gasteiger partial charge in [0.25, 0.3) is 0 Å². The molecule has 0 N–H and O–H groups in total. The van der Waals surface area contributed by atoms with Crippen molar-refractivity contribution in [2.75, 3.05) is 0 Å². The quantitative estimate of drug-likeness (QED) is 0.337. The average molecular weight is 524 g/mol. The van der Waals surface area contributed by atoms with Gasteiger partial charge in [0.2, 0.25) is 0 Å². The molecule has 0 spiro atoms. The summed E-state index contributed by atoms with van der Waals surface area (Å²) in [7, 11) is 0. The summed E-state index contributed by atoms with van der Waals surface area (Å²) in [6, 6.07) is 9.10. The first-order valence-corrected chi connectivity index (χ1v) is 14.2. The Hall–Kier alpha value is -2.74. The molecule has 4 rings (SSSR count). The molecule has 1 aromatic heterocycles. The normalized spacial score (nSPS) is 20.2. The number of hydrogen-bond donors (Lipinski definition) is 0. The zero-order valence-electron chi connectivity index (χ0n) is 23.1. The summed E-state index contributed by atoms with van der Waals surface area (Å²) in [5.41, 5.74) is 5.99. The summed E-state index contributed by atoms with van der Waals surface area (Å²) in [4.78, 5) is 4.93. The fourth-order valence-electron chi connectivity index (χ4n) is 6.07. The van der Waals surface area contributed by atoms with Gasteiger partial charge < -0.3 is 4.74 Å². The highest BCUT2D eigenvalue weighted by Gasteiger charge is 2.37. The molecule has 0 saturated heterocycles. The molecule has 1 fully saturated rings. The number of fused-ring (bicyclic) bond motifs is 1. The molecule has 1 heterocycles. The van der Waals surface area contributed by atoms with E-state index in [2.05, 4.69) is 56.4 Å². The molecule has 0 radical (unpaired) electrons. The van der Waals surface area contributed by atoms with E-state index >= 15 is 0 Å². The maximum atomic E-state index is 13.1. The number of benzene rings is 1. The Kier molecular flexibility index (Phi) is 9.23. The summed E-state index contributed by atoms with van der Waals surface area (Å²) >= 11 is 0. The lowest BCUT2D eigenvalue weighted by Crippen LogP contribution is -2.20. The zero-order chi connectivity index (χ0) is 27.3. The monoisotopic (exact) mass is 523 g/mol. The molecule has 1 saturated carbocycles. The minimum Gasteiger partial charge on any atom is -0.406 e. The molecule has 204 valence electrons. The van der Waals surface area contributed by atoms with Crippen LogP contribution in [0.2, 0.25) is 0 Å². The lowest BCUT2D eigenvalue weighted by Gasteiger charge is -2.29. The Morgan fingerprint density at radius 3 is 2.50 bits per heavy atom. The molecule has 1 aromatic carbocycles. The van der Waals surface area contributed by atoms with Crippen LogP contribution in [0.25, 0.3) is 11.1 Å². The summed E-state index contributed by atoms with van der Waals surface area (Å²) in [6.45, 7) is 8.72. The van der Waals surface area contributed by atoms with Gasteiger partial charge >= 0.3 is 6.36 Å². The van der Waals surface area contributed by atoms with E-state index < -0.39 is 6.36 Å². The third-order valence-electron chi connectivity index (χ3n) is 8.14. The number of aromatic nitrogens is 1. The second-order valence-electron chi connectivity index (χ2n) is 11.4. The van der Waals surface area contributed by atoms with Crippen molar-refractivity contribution < 1.29 is 17.9 Å². The van der Waals surface area contributed by atoms with Crippen LogP contribution in [0.15, 0.2) is 36.5 Å². The Bertz CT molecular complexity index is 1180. The summed E-state index contributed by atoms with van der Waals surface area (Å²) in [5.74, 6) is 8.16. The Balaban J connectivity index is 1.85. The highest BCUT2D eigenvalue weighted by atomic mass is 19.4. The number of unbranched alkanes of at least 4 members (excludes halogenated alkanes) is 1. The highest BCUT2D eigenvalue weighted by Crippen LogP contribution is 2.50. The minimum absolute atomic E-state index is 0.0793. The standard InChI is InChI=1S/C33H40F3NO/c1-5-6-7-12-27-28-17-16-26(38-33(34,35)36)19-30(28)23(4)29(25-10-8-9-11-25)20-31(27)32-18-15-24(21-37-32)14-13-22(2)3/h15-19,21-23,25,29H,5-6,8-11,13-14,20H2,1-4H3. The van der Waals surface area contributed by atoms with Crippen LogP contribution in [0.4, 0.5) is 13.2 Å². The molecule has 0 bridgehead atoms. The molecule has 2 nitrogen and oxygen atoms in total. The maximum Gasteiger partial charge on any atom is 0.573 e. The average Bonchev–Trinajstić information content (AvgIpc) is 3.37. The topological polar surface area (TPSA) is 22.1 Å².